The van der Waals surface area contributed by atoms with Crippen molar-refractivity contribution in [3.63, 3.8) is 0 Å². The fourth-order valence-corrected chi connectivity index (χ4v) is 2.96. The predicted molar refractivity (Wildman–Crippen MR) is 91.8 cm³/mol. The first-order valence-corrected chi connectivity index (χ1v) is 8.36. The maximum absolute atomic E-state index is 12.7. The van der Waals surface area contributed by atoms with E-state index in [1.807, 2.05) is 19.1 Å². The summed E-state index contributed by atoms with van der Waals surface area (Å²) in [6.07, 6.45) is -0.233. The molecule has 26 heavy (non-hydrogen) atoms. The van der Waals surface area contributed by atoms with Crippen LogP contribution in [0.5, 0.6) is 0 Å². The third kappa shape index (κ3) is 4.30. The van der Waals surface area contributed by atoms with Gasteiger partial charge in [0.05, 0.1) is 19.3 Å². The van der Waals surface area contributed by atoms with Gasteiger partial charge in [-0.3, -0.25) is 19.6 Å². The second kappa shape index (κ2) is 7.71. The molecule has 0 bridgehead atoms. The van der Waals surface area contributed by atoms with E-state index in [0.717, 1.165) is 5.76 Å². The van der Waals surface area contributed by atoms with E-state index in [4.69, 9.17) is 14.3 Å². The van der Waals surface area contributed by atoms with Crippen molar-refractivity contribution in [3.05, 3.63) is 29.7 Å². The van der Waals surface area contributed by atoms with E-state index < -0.39 is 5.97 Å². The molecule has 1 aliphatic heterocycles. The Balaban J connectivity index is 1.62. The molecule has 1 unspecified atom stereocenters. The maximum atomic E-state index is 12.7. The molecule has 2 aromatic heterocycles. The number of furan rings is 1. The van der Waals surface area contributed by atoms with Gasteiger partial charge in [-0.2, -0.15) is 5.10 Å². The van der Waals surface area contributed by atoms with Crippen molar-refractivity contribution in [2.75, 3.05) is 39.8 Å². The number of hydrogen-bond donors (Lipinski definition) is 2. The molecule has 0 spiro atoms. The number of carboxylic acid groups (broad SMARTS) is 1. The number of morpholine rings is 1. The van der Waals surface area contributed by atoms with Crippen LogP contribution in [-0.4, -0.2) is 82.9 Å². The van der Waals surface area contributed by atoms with Crippen LogP contribution < -0.4 is 0 Å². The molecule has 2 N–H and O–H groups in total. The molecule has 1 amide bonds. The average molecular weight is 362 g/mol. The molecule has 140 valence electrons. The lowest BCUT2D eigenvalue weighted by atomic mass is 10.2. The summed E-state index contributed by atoms with van der Waals surface area (Å²) in [6.45, 7) is 3.49. The first-order chi connectivity index (χ1) is 12.4. The lowest BCUT2D eigenvalue weighted by molar-refractivity contribution is -0.138. The number of aromatic amines is 1. The second-order valence-corrected chi connectivity index (χ2v) is 6.41. The van der Waals surface area contributed by atoms with Crippen LogP contribution in [0.3, 0.4) is 0 Å². The summed E-state index contributed by atoms with van der Waals surface area (Å²) in [4.78, 5) is 26.8. The van der Waals surface area contributed by atoms with Gasteiger partial charge < -0.3 is 19.2 Å². The zero-order valence-corrected chi connectivity index (χ0v) is 14.8. The van der Waals surface area contributed by atoms with Gasteiger partial charge in [-0.25, -0.2) is 0 Å². The number of H-pyrrole nitrogens is 1. The standard InChI is InChI=1S/C17H22N4O5/c1-11-3-4-15(26-11)13-7-14(19-18-13)17(24)21-5-6-25-12(9-21)8-20(2)10-16(22)23/h3-4,7,12H,5-6,8-10H2,1-2H3,(H,18,19)(H,22,23). The van der Waals surface area contributed by atoms with E-state index >= 15 is 0 Å². The van der Waals surface area contributed by atoms with Crippen LogP contribution in [0.2, 0.25) is 0 Å². The quantitative estimate of drug-likeness (QED) is 0.783. The van der Waals surface area contributed by atoms with Gasteiger partial charge in [0.15, 0.2) is 11.5 Å². The van der Waals surface area contributed by atoms with Crippen LogP contribution in [0, 0.1) is 6.92 Å². The molecular weight excluding hydrogens is 340 g/mol. The smallest absolute Gasteiger partial charge is 0.317 e. The second-order valence-electron chi connectivity index (χ2n) is 6.41. The number of ether oxygens (including phenoxy) is 1. The molecule has 1 atom stereocenters. The lowest BCUT2D eigenvalue weighted by Crippen LogP contribution is -2.49. The number of aliphatic carboxylic acids is 1. The summed E-state index contributed by atoms with van der Waals surface area (Å²) in [5.41, 5.74) is 0.959. The number of nitrogens with zero attached hydrogens (tertiary/aromatic N) is 3. The molecule has 1 saturated heterocycles. The highest BCUT2D eigenvalue weighted by molar-refractivity contribution is 5.93. The molecule has 1 aliphatic rings. The molecule has 0 radical (unpaired) electrons. The van der Waals surface area contributed by atoms with Crippen molar-refractivity contribution in [2.24, 2.45) is 0 Å². The zero-order valence-electron chi connectivity index (χ0n) is 14.8. The van der Waals surface area contributed by atoms with Gasteiger partial charge in [0.2, 0.25) is 0 Å². The molecule has 0 aromatic carbocycles. The Labute approximate surface area is 150 Å². The van der Waals surface area contributed by atoms with Crippen molar-refractivity contribution < 1.29 is 23.8 Å². The molecule has 9 nitrogen and oxygen atoms in total. The van der Waals surface area contributed by atoms with Gasteiger partial charge >= 0.3 is 5.97 Å². The summed E-state index contributed by atoms with van der Waals surface area (Å²) in [5.74, 6) is 0.326. The number of carbonyl (C=O) groups excluding carboxylic acids is 1. The molecular formula is C17H22N4O5. The van der Waals surface area contributed by atoms with Gasteiger partial charge in [0.1, 0.15) is 11.5 Å². The van der Waals surface area contributed by atoms with E-state index in [-0.39, 0.29) is 18.6 Å². The Hall–Kier alpha value is -2.65. The summed E-state index contributed by atoms with van der Waals surface area (Å²) >= 11 is 0. The van der Waals surface area contributed by atoms with Crippen molar-refractivity contribution in [2.45, 2.75) is 13.0 Å². The zero-order chi connectivity index (χ0) is 18.7. The van der Waals surface area contributed by atoms with Crippen LogP contribution in [0.15, 0.2) is 22.6 Å². The van der Waals surface area contributed by atoms with Crippen LogP contribution >= 0.6 is 0 Å². The average Bonchev–Trinajstić information content (AvgIpc) is 3.22. The molecule has 3 rings (SSSR count). The van der Waals surface area contributed by atoms with Crippen LogP contribution in [0.25, 0.3) is 11.5 Å². The minimum Gasteiger partial charge on any atom is -0.480 e. The predicted octanol–water partition coefficient (Wildman–Crippen LogP) is 0.836. The van der Waals surface area contributed by atoms with Gasteiger partial charge in [0, 0.05) is 25.7 Å². The Bertz CT molecular complexity index is 784. The largest absolute Gasteiger partial charge is 0.480 e. The van der Waals surface area contributed by atoms with E-state index in [1.54, 1.807) is 22.9 Å². The van der Waals surface area contributed by atoms with Crippen molar-refractivity contribution in [1.29, 1.82) is 0 Å². The number of amides is 1. The van der Waals surface area contributed by atoms with Gasteiger partial charge in [0.25, 0.3) is 5.91 Å². The number of nitrogens with one attached hydrogen (secondary N) is 1. The summed E-state index contributed by atoms with van der Waals surface area (Å²) in [6, 6.07) is 5.33. The van der Waals surface area contributed by atoms with E-state index in [9.17, 15) is 9.59 Å². The Kier molecular flexibility index (Phi) is 5.38. The molecule has 3 heterocycles. The molecule has 0 aliphatic carbocycles. The van der Waals surface area contributed by atoms with E-state index in [0.29, 0.717) is 43.4 Å². The Morgan fingerprint density at radius 2 is 2.27 bits per heavy atom. The third-order valence-corrected chi connectivity index (χ3v) is 4.15. The molecule has 2 aromatic rings. The number of carbonyl (C=O) groups is 2. The SMILES string of the molecule is Cc1ccc(-c2cc(C(=O)N3CCOC(CN(C)CC(=O)O)C3)n[nH]2)o1. The van der Waals surface area contributed by atoms with Crippen LogP contribution in [-0.2, 0) is 9.53 Å². The number of aromatic nitrogens is 2. The molecule has 9 heteroatoms. The number of likely N-dealkylation sites (N-methyl/N-ethyl adjacent to an activating group) is 1. The fourth-order valence-electron chi connectivity index (χ4n) is 2.96. The highest BCUT2D eigenvalue weighted by Gasteiger charge is 2.27. The summed E-state index contributed by atoms with van der Waals surface area (Å²) in [5, 5.41) is 15.8. The van der Waals surface area contributed by atoms with Gasteiger partial charge in [-0.05, 0) is 26.1 Å². The number of aryl methyl sites for hydroxylation is 1. The Morgan fingerprint density at radius 1 is 1.46 bits per heavy atom. The van der Waals surface area contributed by atoms with Gasteiger partial charge in [-0.15, -0.1) is 0 Å². The van der Waals surface area contributed by atoms with Crippen molar-refractivity contribution in [3.8, 4) is 11.5 Å². The first kappa shape index (κ1) is 18.2. The van der Waals surface area contributed by atoms with Crippen molar-refractivity contribution in [1.82, 2.24) is 20.0 Å². The third-order valence-electron chi connectivity index (χ3n) is 4.15. The summed E-state index contributed by atoms with van der Waals surface area (Å²) < 4.78 is 11.2. The highest BCUT2D eigenvalue weighted by Crippen LogP contribution is 2.21. The normalized spacial score (nSPS) is 17.7. The Morgan fingerprint density at radius 3 is 2.96 bits per heavy atom. The van der Waals surface area contributed by atoms with Crippen LogP contribution in [0.1, 0.15) is 16.2 Å². The van der Waals surface area contributed by atoms with E-state index in [1.165, 1.54) is 0 Å². The minimum atomic E-state index is -0.895. The fraction of sp³-hybridized carbons (Fsp3) is 0.471. The van der Waals surface area contributed by atoms with Crippen LogP contribution in [0.4, 0.5) is 0 Å². The van der Waals surface area contributed by atoms with E-state index in [2.05, 4.69) is 10.2 Å². The maximum Gasteiger partial charge on any atom is 0.317 e. The minimum absolute atomic E-state index is 0.0703. The lowest BCUT2D eigenvalue weighted by Gasteiger charge is -2.34. The topological polar surface area (TPSA) is 112 Å². The summed E-state index contributed by atoms with van der Waals surface area (Å²) in [7, 11) is 1.71. The number of carboxylic acids is 1. The van der Waals surface area contributed by atoms with Gasteiger partial charge in [-0.1, -0.05) is 0 Å². The monoisotopic (exact) mass is 362 g/mol. The molecule has 1 fully saturated rings. The molecule has 0 saturated carbocycles. The highest BCUT2D eigenvalue weighted by atomic mass is 16.5. The number of rotatable bonds is 6. The number of hydrogen-bond acceptors (Lipinski definition) is 6. The van der Waals surface area contributed by atoms with Crippen molar-refractivity contribution >= 4 is 11.9 Å². The first-order valence-electron chi connectivity index (χ1n) is 8.36.